The maximum Gasteiger partial charge on any atom is 0.407 e. The summed E-state index contributed by atoms with van der Waals surface area (Å²) in [6, 6.07) is 6.14. The van der Waals surface area contributed by atoms with Crippen molar-refractivity contribution >= 4 is 55.3 Å². The molecule has 1 fully saturated rings. The number of fused-ring (bicyclic) bond motifs is 2. The number of thiazole rings is 1. The lowest BCUT2D eigenvalue weighted by atomic mass is 9.94. The van der Waals surface area contributed by atoms with E-state index in [1.807, 2.05) is 65.8 Å². The van der Waals surface area contributed by atoms with Crippen LogP contribution in [0.1, 0.15) is 98.8 Å². The lowest BCUT2D eigenvalue weighted by Gasteiger charge is -2.38. The summed E-state index contributed by atoms with van der Waals surface area (Å²) in [6.07, 6.45) is 1.43. The molecule has 3 atom stereocenters. The number of amides is 2. The molecule has 5 N–H and O–H groups in total. The standard InChI is InChI=1S/C37H50N6O7S2/c1-20-21(2)31(22(3)25-19-37(7,8)50-30(20)25)52(48,49)42-34(38)39-17-11-13-27(29(44)33-41-26-12-9-10-14-28(26)51-33)40-32(45)23-15-16-24(18-23)43(35(46)47)36(4,5)6/h9-10,12,14,23-24,27H,11,13,15-19H2,1-8H3,(H,40,45)(H,46,47)(H3,38,39,42)/t23-,24+,27-/m0/s1. The molecule has 52 heavy (non-hydrogen) atoms. The van der Waals surface area contributed by atoms with Crippen molar-refractivity contribution in [2.24, 2.45) is 5.92 Å². The number of carbonyl (C=O) groups is 3. The molecule has 0 bridgehead atoms. The lowest BCUT2D eigenvalue weighted by Crippen LogP contribution is -2.50. The molecule has 15 heteroatoms. The van der Waals surface area contributed by atoms with Crippen molar-refractivity contribution in [1.29, 1.82) is 5.41 Å². The zero-order valence-corrected chi connectivity index (χ0v) is 32.7. The number of nitrogens with zero attached hydrogens (tertiary/aromatic N) is 2. The molecule has 2 aromatic carbocycles. The smallest absolute Gasteiger partial charge is 0.407 e. The molecule has 0 spiro atoms. The Labute approximate surface area is 309 Å². The van der Waals surface area contributed by atoms with Gasteiger partial charge in [0.1, 0.15) is 11.4 Å². The van der Waals surface area contributed by atoms with E-state index >= 15 is 0 Å². The Hall–Kier alpha value is -4.24. The number of hydrogen-bond donors (Lipinski definition) is 5. The molecule has 2 aliphatic rings. The molecule has 2 amide bonds. The van der Waals surface area contributed by atoms with Crippen LogP contribution in [0.2, 0.25) is 0 Å². The van der Waals surface area contributed by atoms with Gasteiger partial charge in [0, 0.05) is 36.0 Å². The van der Waals surface area contributed by atoms with E-state index in [0.29, 0.717) is 54.5 Å². The van der Waals surface area contributed by atoms with Gasteiger partial charge in [0.2, 0.25) is 17.6 Å². The minimum Gasteiger partial charge on any atom is -0.487 e. The number of sulfonamides is 1. The Morgan fingerprint density at radius 3 is 2.46 bits per heavy atom. The molecule has 0 unspecified atom stereocenters. The summed E-state index contributed by atoms with van der Waals surface area (Å²) >= 11 is 1.24. The van der Waals surface area contributed by atoms with Crippen molar-refractivity contribution in [2.45, 2.75) is 122 Å². The van der Waals surface area contributed by atoms with E-state index in [1.165, 1.54) is 16.2 Å². The number of carbonyl (C=O) groups excluding carboxylic acids is 2. The third-order valence-corrected chi connectivity index (χ3v) is 12.6. The van der Waals surface area contributed by atoms with Gasteiger partial charge in [0.15, 0.2) is 5.01 Å². The number of rotatable bonds is 11. The summed E-state index contributed by atoms with van der Waals surface area (Å²) in [7, 11) is -4.12. The van der Waals surface area contributed by atoms with E-state index in [1.54, 1.807) is 13.8 Å². The molecule has 1 aliphatic carbocycles. The number of carboxylic acid groups (broad SMARTS) is 1. The molecular weight excluding hydrogens is 705 g/mol. The zero-order chi connectivity index (χ0) is 38.3. The SMILES string of the molecule is Cc1c(C)c(S(=O)(=O)NC(=N)NCCC[C@H](NC(=O)[C@H]2CC[C@@H](N(C(=O)O)C(C)(C)C)C2)C(=O)c2nc3ccccc3s2)c(C)c2c1OC(C)(C)C2. The van der Waals surface area contributed by atoms with Gasteiger partial charge in [-0.1, -0.05) is 12.1 Å². The Balaban J connectivity index is 1.25. The van der Waals surface area contributed by atoms with E-state index in [9.17, 15) is 27.9 Å². The number of ether oxygens (including phenoxy) is 1. The highest BCUT2D eigenvalue weighted by Crippen LogP contribution is 2.43. The van der Waals surface area contributed by atoms with Crippen LogP contribution in [0.3, 0.4) is 0 Å². The highest BCUT2D eigenvalue weighted by molar-refractivity contribution is 7.90. The predicted molar refractivity (Wildman–Crippen MR) is 201 cm³/mol. The highest BCUT2D eigenvalue weighted by atomic mass is 32.2. The van der Waals surface area contributed by atoms with Crippen molar-refractivity contribution < 1.29 is 32.6 Å². The Kier molecular flexibility index (Phi) is 11.0. The monoisotopic (exact) mass is 754 g/mol. The summed E-state index contributed by atoms with van der Waals surface area (Å²) in [6.45, 7) is 14.9. The average Bonchev–Trinajstić information content (AvgIpc) is 3.77. The van der Waals surface area contributed by atoms with Gasteiger partial charge < -0.3 is 25.4 Å². The van der Waals surface area contributed by atoms with Crippen LogP contribution >= 0.6 is 11.3 Å². The van der Waals surface area contributed by atoms with Crippen LogP contribution in [0.5, 0.6) is 5.75 Å². The molecule has 13 nitrogen and oxygen atoms in total. The van der Waals surface area contributed by atoms with Gasteiger partial charge in [-0.15, -0.1) is 11.3 Å². The van der Waals surface area contributed by atoms with Crippen LogP contribution in [-0.4, -0.2) is 76.9 Å². The molecule has 1 aromatic heterocycles. The second-order valence-corrected chi connectivity index (χ2v) is 18.1. The summed E-state index contributed by atoms with van der Waals surface area (Å²) in [5, 5.41) is 24.3. The first kappa shape index (κ1) is 39.0. The van der Waals surface area contributed by atoms with E-state index in [2.05, 4.69) is 20.3 Å². The first-order valence-corrected chi connectivity index (χ1v) is 19.9. The maximum absolute atomic E-state index is 13.8. The maximum atomic E-state index is 13.8. The van der Waals surface area contributed by atoms with Gasteiger partial charge >= 0.3 is 6.09 Å². The van der Waals surface area contributed by atoms with Crippen LogP contribution in [-0.2, 0) is 21.2 Å². The van der Waals surface area contributed by atoms with E-state index in [4.69, 9.17) is 10.1 Å². The van der Waals surface area contributed by atoms with Crippen LogP contribution in [0.15, 0.2) is 29.2 Å². The van der Waals surface area contributed by atoms with Gasteiger partial charge in [0.25, 0.3) is 10.0 Å². The second kappa shape index (κ2) is 14.6. The number of guanidine groups is 1. The van der Waals surface area contributed by atoms with Gasteiger partial charge in [-0.05, 0) is 116 Å². The number of benzene rings is 2. The number of Topliss-reactive ketones (excluding diaryl/α,β-unsaturated/α-hetero) is 1. The van der Waals surface area contributed by atoms with Crippen molar-refractivity contribution in [3.05, 3.63) is 51.5 Å². The largest absolute Gasteiger partial charge is 0.487 e. The zero-order valence-electron chi connectivity index (χ0n) is 31.1. The molecule has 5 rings (SSSR count). The van der Waals surface area contributed by atoms with Gasteiger partial charge in [0.05, 0.1) is 21.2 Å². The molecule has 282 valence electrons. The summed E-state index contributed by atoms with van der Waals surface area (Å²) in [4.78, 5) is 45.5. The first-order chi connectivity index (χ1) is 24.2. The molecule has 3 aromatic rings. The summed E-state index contributed by atoms with van der Waals surface area (Å²) in [5.74, 6) is -0.821. The van der Waals surface area contributed by atoms with Crippen LogP contribution in [0.4, 0.5) is 4.79 Å². The fraction of sp³-hybridized carbons (Fsp3) is 0.541. The predicted octanol–water partition coefficient (Wildman–Crippen LogP) is 5.83. The molecule has 2 heterocycles. The molecule has 1 aliphatic heterocycles. The summed E-state index contributed by atoms with van der Waals surface area (Å²) < 4.78 is 36.5. The van der Waals surface area contributed by atoms with Crippen LogP contribution in [0.25, 0.3) is 10.2 Å². The molecular formula is C37H50N6O7S2. The molecule has 0 radical (unpaired) electrons. The third kappa shape index (κ3) is 8.20. The van der Waals surface area contributed by atoms with Crippen LogP contribution < -0.4 is 20.1 Å². The number of aromatic nitrogens is 1. The first-order valence-electron chi connectivity index (χ1n) is 17.6. The fourth-order valence-electron chi connectivity index (χ4n) is 7.49. The second-order valence-electron chi connectivity index (χ2n) is 15.5. The average molecular weight is 755 g/mol. The lowest BCUT2D eigenvalue weighted by molar-refractivity contribution is -0.125. The van der Waals surface area contributed by atoms with Crippen LogP contribution in [0, 0.1) is 32.1 Å². The van der Waals surface area contributed by atoms with E-state index < -0.39 is 45.2 Å². The van der Waals surface area contributed by atoms with Gasteiger partial charge in [-0.25, -0.2) is 22.9 Å². The Morgan fingerprint density at radius 2 is 1.81 bits per heavy atom. The fourth-order valence-corrected chi connectivity index (χ4v) is 9.98. The third-order valence-electron chi connectivity index (χ3n) is 9.98. The number of ketones is 1. The van der Waals surface area contributed by atoms with Crippen molar-refractivity contribution in [1.82, 2.24) is 25.2 Å². The van der Waals surface area contributed by atoms with Crippen molar-refractivity contribution in [3.63, 3.8) is 0 Å². The summed E-state index contributed by atoms with van der Waals surface area (Å²) in [5.41, 5.74) is 2.35. The Bertz CT molecular complexity index is 1980. The normalized spacial score (nSPS) is 18.7. The minimum atomic E-state index is -4.12. The van der Waals surface area contributed by atoms with Gasteiger partial charge in [-0.2, -0.15) is 0 Å². The number of para-hydroxylation sites is 1. The quantitative estimate of drug-likeness (QED) is 0.0694. The Morgan fingerprint density at radius 1 is 1.12 bits per heavy atom. The molecule has 0 saturated heterocycles. The number of hydrogen-bond acceptors (Lipinski definition) is 9. The molecule has 1 saturated carbocycles. The number of nitrogens with one attached hydrogen (secondary N) is 4. The van der Waals surface area contributed by atoms with E-state index in [0.717, 1.165) is 15.8 Å². The highest BCUT2D eigenvalue weighted by Gasteiger charge is 2.41. The minimum absolute atomic E-state index is 0.129. The van der Waals surface area contributed by atoms with Crippen molar-refractivity contribution in [2.75, 3.05) is 6.54 Å². The van der Waals surface area contributed by atoms with E-state index in [-0.39, 0.29) is 40.6 Å². The van der Waals surface area contributed by atoms with Gasteiger partial charge in [-0.3, -0.25) is 15.0 Å². The van der Waals surface area contributed by atoms with Crippen molar-refractivity contribution in [3.8, 4) is 5.75 Å². The topological polar surface area (TPSA) is 191 Å².